The minimum Gasteiger partial charge on any atom is -0.323 e. The number of benzene rings is 3. The summed E-state index contributed by atoms with van der Waals surface area (Å²) in [5, 5.41) is 2.70. The van der Waals surface area contributed by atoms with Crippen LogP contribution in [0.1, 0.15) is 21.5 Å². The maximum atomic E-state index is 13.2. The number of carbonyl (C=O) groups is 2. The van der Waals surface area contributed by atoms with Crippen LogP contribution in [0.2, 0.25) is 5.02 Å². The zero-order valence-electron chi connectivity index (χ0n) is 17.3. The molecule has 1 aliphatic heterocycles. The molecular formula is C23H20ClN3O4S. The first-order valence-corrected chi connectivity index (χ1v) is 11.6. The molecule has 2 amide bonds. The molecule has 0 aromatic heterocycles. The van der Waals surface area contributed by atoms with Gasteiger partial charge < -0.3 is 5.32 Å². The number of fused-ring (bicyclic) bond motifs is 1. The van der Waals surface area contributed by atoms with E-state index in [-0.39, 0.29) is 27.9 Å². The lowest BCUT2D eigenvalue weighted by molar-refractivity contribution is -0.115. The standard InChI is InChI=1S/C23H20ClN3O4S/c1-14-7-10-18(15(2)11-14)26-32(30,31)21-12-16(8-9-17(21)24)23(29)27-13-22(28)25-19-5-3-4-6-20(19)27/h3-12,26H,13H2,1-2H3,(H,25,28). The van der Waals surface area contributed by atoms with Crippen molar-refractivity contribution in [3.63, 3.8) is 0 Å². The van der Waals surface area contributed by atoms with Crippen LogP contribution in [0.3, 0.4) is 0 Å². The third kappa shape index (κ3) is 4.19. The molecule has 2 N–H and O–H groups in total. The van der Waals surface area contributed by atoms with E-state index in [1.54, 1.807) is 43.3 Å². The van der Waals surface area contributed by atoms with E-state index in [2.05, 4.69) is 10.0 Å². The van der Waals surface area contributed by atoms with Gasteiger partial charge in [-0.3, -0.25) is 19.2 Å². The average molecular weight is 470 g/mol. The van der Waals surface area contributed by atoms with Crippen molar-refractivity contribution in [2.45, 2.75) is 18.7 Å². The number of rotatable bonds is 4. The Bertz CT molecular complexity index is 1360. The van der Waals surface area contributed by atoms with Crippen LogP contribution in [0.4, 0.5) is 17.1 Å². The van der Waals surface area contributed by atoms with Gasteiger partial charge in [-0.2, -0.15) is 0 Å². The van der Waals surface area contributed by atoms with Crippen molar-refractivity contribution >= 4 is 50.5 Å². The minimum atomic E-state index is -4.07. The van der Waals surface area contributed by atoms with Crippen LogP contribution in [-0.2, 0) is 14.8 Å². The van der Waals surface area contributed by atoms with E-state index in [1.807, 2.05) is 13.0 Å². The molecule has 32 heavy (non-hydrogen) atoms. The van der Waals surface area contributed by atoms with E-state index in [4.69, 9.17) is 11.6 Å². The second-order valence-electron chi connectivity index (χ2n) is 7.53. The molecule has 4 rings (SSSR count). The van der Waals surface area contributed by atoms with Gasteiger partial charge in [-0.1, -0.05) is 41.4 Å². The molecule has 7 nitrogen and oxygen atoms in total. The Morgan fingerprint density at radius 2 is 1.81 bits per heavy atom. The first-order valence-electron chi connectivity index (χ1n) is 9.76. The van der Waals surface area contributed by atoms with Crippen molar-refractivity contribution in [3.8, 4) is 0 Å². The van der Waals surface area contributed by atoms with Crippen LogP contribution in [0, 0.1) is 13.8 Å². The first kappa shape index (κ1) is 21.9. The first-order chi connectivity index (χ1) is 15.2. The highest BCUT2D eigenvalue weighted by atomic mass is 35.5. The van der Waals surface area contributed by atoms with Crippen LogP contribution in [0.15, 0.2) is 65.6 Å². The Balaban J connectivity index is 1.70. The fraction of sp³-hybridized carbons (Fsp3) is 0.130. The molecule has 0 spiro atoms. The SMILES string of the molecule is Cc1ccc(NS(=O)(=O)c2cc(C(=O)N3CC(=O)Nc4ccccc43)ccc2Cl)c(C)c1. The van der Waals surface area contributed by atoms with Gasteiger partial charge in [0, 0.05) is 5.56 Å². The number of carbonyl (C=O) groups excluding carboxylic acids is 2. The highest BCUT2D eigenvalue weighted by Gasteiger charge is 2.29. The number of nitrogens with zero attached hydrogens (tertiary/aromatic N) is 1. The van der Waals surface area contributed by atoms with Gasteiger partial charge >= 0.3 is 0 Å². The predicted molar refractivity (Wildman–Crippen MR) is 125 cm³/mol. The Labute approximate surface area is 191 Å². The fourth-order valence-corrected chi connectivity index (χ4v) is 5.20. The highest BCUT2D eigenvalue weighted by Crippen LogP contribution is 2.32. The summed E-state index contributed by atoms with van der Waals surface area (Å²) in [6.07, 6.45) is 0. The van der Waals surface area contributed by atoms with Crippen molar-refractivity contribution < 1.29 is 18.0 Å². The number of amides is 2. The molecule has 0 fully saturated rings. The number of anilines is 3. The molecule has 0 saturated carbocycles. The number of sulfonamides is 1. The second-order valence-corrected chi connectivity index (χ2v) is 9.58. The van der Waals surface area contributed by atoms with Crippen molar-refractivity contribution in [1.29, 1.82) is 0 Å². The lowest BCUT2D eigenvalue weighted by atomic mass is 10.1. The van der Waals surface area contributed by atoms with Crippen LogP contribution in [-0.4, -0.2) is 26.8 Å². The summed E-state index contributed by atoms with van der Waals surface area (Å²) in [6, 6.07) is 16.3. The Morgan fingerprint density at radius 1 is 1.06 bits per heavy atom. The zero-order chi connectivity index (χ0) is 23.0. The molecule has 3 aromatic rings. The van der Waals surface area contributed by atoms with E-state index in [0.29, 0.717) is 17.1 Å². The molecular weight excluding hydrogens is 450 g/mol. The summed E-state index contributed by atoms with van der Waals surface area (Å²) < 4.78 is 28.7. The summed E-state index contributed by atoms with van der Waals surface area (Å²) in [7, 11) is -4.07. The maximum Gasteiger partial charge on any atom is 0.263 e. The van der Waals surface area contributed by atoms with E-state index in [1.165, 1.54) is 23.1 Å². The van der Waals surface area contributed by atoms with Gasteiger partial charge in [-0.15, -0.1) is 0 Å². The van der Waals surface area contributed by atoms with E-state index in [9.17, 15) is 18.0 Å². The van der Waals surface area contributed by atoms with Gasteiger partial charge in [0.25, 0.3) is 15.9 Å². The third-order valence-corrected chi connectivity index (χ3v) is 6.96. The van der Waals surface area contributed by atoms with Crippen molar-refractivity contribution in [2.24, 2.45) is 0 Å². The van der Waals surface area contributed by atoms with Gasteiger partial charge in [-0.25, -0.2) is 8.42 Å². The number of hydrogen-bond donors (Lipinski definition) is 2. The van der Waals surface area contributed by atoms with Gasteiger partial charge in [-0.05, 0) is 55.8 Å². The topological polar surface area (TPSA) is 95.6 Å². The number of halogens is 1. The van der Waals surface area contributed by atoms with E-state index in [0.717, 1.165) is 11.1 Å². The maximum absolute atomic E-state index is 13.2. The molecule has 1 heterocycles. The molecule has 1 aliphatic rings. The van der Waals surface area contributed by atoms with Crippen molar-refractivity contribution in [2.75, 3.05) is 21.5 Å². The third-order valence-electron chi connectivity index (χ3n) is 5.11. The monoisotopic (exact) mass is 469 g/mol. The minimum absolute atomic E-state index is 0.0180. The van der Waals surface area contributed by atoms with Crippen LogP contribution < -0.4 is 14.9 Å². The predicted octanol–water partition coefficient (Wildman–Crippen LogP) is 4.36. The smallest absolute Gasteiger partial charge is 0.263 e. The molecule has 0 atom stereocenters. The molecule has 9 heteroatoms. The summed E-state index contributed by atoms with van der Waals surface area (Å²) >= 11 is 6.20. The molecule has 0 aliphatic carbocycles. The lowest BCUT2D eigenvalue weighted by Gasteiger charge is -2.29. The Morgan fingerprint density at radius 3 is 2.56 bits per heavy atom. The quantitative estimate of drug-likeness (QED) is 0.593. The number of nitrogens with one attached hydrogen (secondary N) is 2. The Hall–Kier alpha value is -3.36. The molecule has 164 valence electrons. The summed E-state index contributed by atoms with van der Waals surface area (Å²) in [5.41, 5.74) is 3.32. The Kier molecular flexibility index (Phi) is 5.66. The summed E-state index contributed by atoms with van der Waals surface area (Å²) in [5.74, 6) is -0.845. The molecule has 3 aromatic carbocycles. The molecule has 0 unspecified atom stereocenters. The van der Waals surface area contributed by atoms with Crippen molar-refractivity contribution in [1.82, 2.24) is 0 Å². The van der Waals surface area contributed by atoms with Crippen molar-refractivity contribution in [3.05, 3.63) is 82.4 Å². The van der Waals surface area contributed by atoms with Gasteiger partial charge in [0.15, 0.2) is 0 Å². The average Bonchev–Trinajstić information content (AvgIpc) is 2.75. The van der Waals surface area contributed by atoms with Crippen LogP contribution in [0.5, 0.6) is 0 Å². The van der Waals surface area contributed by atoms with Crippen LogP contribution in [0.25, 0.3) is 0 Å². The van der Waals surface area contributed by atoms with E-state index >= 15 is 0 Å². The number of aryl methyl sites for hydroxylation is 2. The normalized spacial score (nSPS) is 13.3. The largest absolute Gasteiger partial charge is 0.323 e. The van der Waals surface area contributed by atoms with Gasteiger partial charge in [0.1, 0.15) is 11.4 Å². The second kappa shape index (κ2) is 8.29. The molecule has 0 radical (unpaired) electrons. The van der Waals surface area contributed by atoms with Crippen LogP contribution >= 0.6 is 11.6 Å². The zero-order valence-corrected chi connectivity index (χ0v) is 18.9. The summed E-state index contributed by atoms with van der Waals surface area (Å²) in [6.45, 7) is 3.53. The van der Waals surface area contributed by atoms with Gasteiger partial charge in [0.2, 0.25) is 5.91 Å². The molecule has 0 saturated heterocycles. The molecule has 0 bridgehead atoms. The number of hydrogen-bond acceptors (Lipinski definition) is 4. The number of para-hydroxylation sites is 2. The highest BCUT2D eigenvalue weighted by molar-refractivity contribution is 7.92. The van der Waals surface area contributed by atoms with E-state index < -0.39 is 15.9 Å². The lowest BCUT2D eigenvalue weighted by Crippen LogP contribution is -2.42. The fourth-order valence-electron chi connectivity index (χ4n) is 3.54. The summed E-state index contributed by atoms with van der Waals surface area (Å²) in [4.78, 5) is 26.4. The van der Waals surface area contributed by atoms with Gasteiger partial charge in [0.05, 0.1) is 22.1 Å².